The minimum atomic E-state index is -4.95. The largest absolute Gasteiger partial charge is 0.471 e. The Morgan fingerprint density at radius 3 is 2.66 bits per heavy atom. The molecule has 2 aromatic heterocycles. The number of imidazole rings is 1. The number of aryl methyl sites for hydroxylation is 1. The molecule has 0 spiro atoms. The number of fused-ring (bicyclic) bond motifs is 1. The number of nitrogens with zero attached hydrogens (tertiary/aromatic N) is 4. The maximum absolute atomic E-state index is 12.2. The fourth-order valence-corrected chi connectivity index (χ4v) is 2.94. The third kappa shape index (κ3) is 4.24. The molecule has 3 rings (SSSR count). The van der Waals surface area contributed by atoms with Gasteiger partial charge in [-0.2, -0.15) is 13.2 Å². The zero-order chi connectivity index (χ0) is 21.3. The molecule has 0 aliphatic carbocycles. The van der Waals surface area contributed by atoms with Crippen molar-refractivity contribution in [1.29, 1.82) is 0 Å². The number of nitrogens with two attached hydrogens (primary N) is 1. The van der Waals surface area contributed by atoms with Crippen LogP contribution in [0.1, 0.15) is 18.5 Å². The van der Waals surface area contributed by atoms with Gasteiger partial charge in [-0.15, -0.1) is 0 Å². The van der Waals surface area contributed by atoms with Crippen molar-refractivity contribution < 1.29 is 38.0 Å². The van der Waals surface area contributed by atoms with Crippen LogP contribution in [-0.2, 0) is 16.0 Å². The molecule has 6 N–H and O–H groups in total. The molecule has 0 saturated carbocycles. The highest BCUT2D eigenvalue weighted by Gasteiger charge is 2.44. The molecule has 2 aromatic rings. The second-order valence-electron chi connectivity index (χ2n) is 6.44. The maximum atomic E-state index is 12.2. The summed E-state index contributed by atoms with van der Waals surface area (Å²) in [6, 6.07) is 0. The van der Waals surface area contributed by atoms with E-state index in [1.165, 1.54) is 10.9 Å². The van der Waals surface area contributed by atoms with E-state index in [4.69, 9.17) is 10.5 Å². The second kappa shape index (κ2) is 8.06. The minimum absolute atomic E-state index is 0.00909. The normalized spacial score (nSPS) is 24.9. The van der Waals surface area contributed by atoms with Crippen LogP contribution in [0.3, 0.4) is 0 Å². The van der Waals surface area contributed by atoms with Gasteiger partial charge in [0.2, 0.25) is 0 Å². The summed E-state index contributed by atoms with van der Waals surface area (Å²) >= 11 is 0. The number of halogens is 3. The molecule has 0 bridgehead atoms. The Bertz CT molecular complexity index is 891. The molecule has 160 valence electrons. The molecule has 0 aromatic carbocycles. The maximum Gasteiger partial charge on any atom is 0.471 e. The average Bonchev–Trinajstić information content (AvgIpc) is 3.20. The topological polar surface area (TPSA) is 169 Å². The number of aliphatic hydroxyl groups excluding tert-OH is 3. The molecule has 1 amide bonds. The van der Waals surface area contributed by atoms with Gasteiger partial charge >= 0.3 is 12.1 Å². The van der Waals surface area contributed by atoms with E-state index in [1.807, 2.05) is 0 Å². The highest BCUT2D eigenvalue weighted by atomic mass is 19.4. The first kappa shape index (κ1) is 21.2. The molecule has 1 aliphatic rings. The van der Waals surface area contributed by atoms with Gasteiger partial charge in [0.25, 0.3) is 0 Å². The number of hydrogen-bond acceptors (Lipinski definition) is 9. The molecule has 2 unspecified atom stereocenters. The van der Waals surface area contributed by atoms with Gasteiger partial charge in [-0.1, -0.05) is 0 Å². The molecule has 1 aliphatic heterocycles. The zero-order valence-electron chi connectivity index (χ0n) is 14.9. The summed E-state index contributed by atoms with van der Waals surface area (Å²) in [6.07, 6.45) is -8.20. The van der Waals surface area contributed by atoms with Crippen molar-refractivity contribution in [3.63, 3.8) is 0 Å². The van der Waals surface area contributed by atoms with Crippen molar-refractivity contribution in [3.05, 3.63) is 12.2 Å². The van der Waals surface area contributed by atoms with E-state index in [2.05, 4.69) is 15.0 Å². The first-order valence-corrected chi connectivity index (χ1v) is 8.60. The van der Waals surface area contributed by atoms with Crippen molar-refractivity contribution in [3.8, 4) is 0 Å². The fourth-order valence-electron chi connectivity index (χ4n) is 2.94. The van der Waals surface area contributed by atoms with E-state index < -0.39 is 43.2 Å². The molecular weight excluding hydrogens is 401 g/mol. The second-order valence-corrected chi connectivity index (χ2v) is 6.44. The molecule has 29 heavy (non-hydrogen) atoms. The number of rotatable bonds is 6. The molecule has 3 heterocycles. The average molecular weight is 420 g/mol. The van der Waals surface area contributed by atoms with E-state index in [-0.39, 0.29) is 42.2 Å². The number of nitrogens with one attached hydrogen (secondary N) is 1. The Labute approximate surface area is 161 Å². The molecular formula is C15H19F3N6O5. The number of amides is 1. The van der Waals surface area contributed by atoms with Gasteiger partial charge < -0.3 is 31.1 Å². The number of carbonyl (C=O) groups excluding carboxylic acids is 1. The lowest BCUT2D eigenvalue weighted by molar-refractivity contribution is -0.173. The van der Waals surface area contributed by atoms with E-state index in [9.17, 15) is 33.3 Å². The summed E-state index contributed by atoms with van der Waals surface area (Å²) in [4.78, 5) is 23.1. The van der Waals surface area contributed by atoms with Crippen LogP contribution in [0.2, 0.25) is 0 Å². The van der Waals surface area contributed by atoms with Crippen molar-refractivity contribution >= 4 is 22.9 Å². The molecule has 4 atom stereocenters. The van der Waals surface area contributed by atoms with Crippen LogP contribution in [0, 0.1) is 0 Å². The predicted octanol–water partition coefficient (Wildman–Crippen LogP) is -1.37. The summed E-state index contributed by atoms with van der Waals surface area (Å²) in [5.74, 6) is -1.84. The molecule has 11 nitrogen and oxygen atoms in total. The van der Waals surface area contributed by atoms with Crippen LogP contribution in [0.4, 0.5) is 19.0 Å². The minimum Gasteiger partial charge on any atom is -0.394 e. The molecule has 14 heteroatoms. The van der Waals surface area contributed by atoms with Crippen molar-refractivity contribution in [1.82, 2.24) is 24.8 Å². The third-order valence-electron chi connectivity index (χ3n) is 4.41. The van der Waals surface area contributed by atoms with E-state index in [1.54, 1.807) is 5.32 Å². The summed E-state index contributed by atoms with van der Waals surface area (Å²) in [5, 5.41) is 31.0. The smallest absolute Gasteiger partial charge is 0.394 e. The van der Waals surface area contributed by atoms with Gasteiger partial charge in [0, 0.05) is 13.0 Å². The van der Waals surface area contributed by atoms with Gasteiger partial charge in [-0.25, -0.2) is 15.0 Å². The highest BCUT2D eigenvalue weighted by molar-refractivity contribution is 5.82. The molecule has 1 saturated heterocycles. The number of aromatic nitrogens is 4. The fraction of sp³-hybridized carbons (Fsp3) is 0.600. The first-order chi connectivity index (χ1) is 13.6. The van der Waals surface area contributed by atoms with E-state index >= 15 is 0 Å². The quantitative estimate of drug-likeness (QED) is 0.354. The lowest BCUT2D eigenvalue weighted by Gasteiger charge is -2.16. The number of carbonyl (C=O) groups is 1. The summed E-state index contributed by atoms with van der Waals surface area (Å²) in [6.45, 7) is -0.749. The summed E-state index contributed by atoms with van der Waals surface area (Å²) in [5.41, 5.74) is 6.24. The lowest BCUT2D eigenvalue weighted by Crippen LogP contribution is -2.37. The zero-order valence-corrected chi connectivity index (χ0v) is 14.9. The Morgan fingerprint density at radius 2 is 2.03 bits per heavy atom. The molecule has 0 radical (unpaired) electrons. The van der Waals surface area contributed by atoms with Crippen LogP contribution in [0.5, 0.6) is 0 Å². The number of ether oxygens (including phenoxy) is 1. The number of hydrogen-bond donors (Lipinski definition) is 5. The van der Waals surface area contributed by atoms with Crippen molar-refractivity contribution in [2.75, 3.05) is 18.9 Å². The number of alkyl halides is 3. The van der Waals surface area contributed by atoms with Gasteiger partial charge in [0.15, 0.2) is 17.7 Å². The van der Waals surface area contributed by atoms with Gasteiger partial charge in [0.1, 0.15) is 29.7 Å². The van der Waals surface area contributed by atoms with Crippen LogP contribution < -0.4 is 11.1 Å². The van der Waals surface area contributed by atoms with Gasteiger partial charge in [-0.05, 0) is 6.42 Å². The van der Waals surface area contributed by atoms with Gasteiger partial charge in [0.05, 0.1) is 12.9 Å². The standard InChI is InChI=1S/C15H19F3N6O5/c16-15(17,18)14(28)20-3-1-2-7-22-11(19)8-12(23-7)24(5-21-8)13-10(27)9(26)6(4-25)29-13/h5-6,9-10,13,25-27H,1-4H2,(H,20,28)(H2,19,22,23)/t6-,9?,10?,13-/m1/s1. The Balaban J connectivity index is 1.75. The highest BCUT2D eigenvalue weighted by Crippen LogP contribution is 2.32. The summed E-state index contributed by atoms with van der Waals surface area (Å²) < 4.78 is 43.3. The predicted molar refractivity (Wildman–Crippen MR) is 90.1 cm³/mol. The Morgan fingerprint density at radius 1 is 1.31 bits per heavy atom. The first-order valence-electron chi connectivity index (χ1n) is 8.60. The SMILES string of the molecule is Nc1nc(CCCNC(=O)C(F)(F)F)nc2c1ncn2[C@@H]1O[C@H](CO)C(O)C1O. The van der Waals surface area contributed by atoms with E-state index in [0.717, 1.165) is 0 Å². The Hall–Kier alpha value is -2.55. The Kier molecular flexibility index (Phi) is 5.88. The summed E-state index contributed by atoms with van der Waals surface area (Å²) in [7, 11) is 0. The van der Waals surface area contributed by atoms with Crippen LogP contribution >= 0.6 is 0 Å². The van der Waals surface area contributed by atoms with Crippen LogP contribution in [0.15, 0.2) is 6.33 Å². The monoisotopic (exact) mass is 420 g/mol. The van der Waals surface area contributed by atoms with Crippen molar-refractivity contribution in [2.24, 2.45) is 0 Å². The third-order valence-corrected chi connectivity index (χ3v) is 4.41. The van der Waals surface area contributed by atoms with E-state index in [0.29, 0.717) is 0 Å². The molecule has 1 fully saturated rings. The van der Waals surface area contributed by atoms with Gasteiger partial charge in [-0.3, -0.25) is 9.36 Å². The number of aliphatic hydroxyl groups is 3. The van der Waals surface area contributed by atoms with Crippen LogP contribution in [-0.4, -0.2) is 78.4 Å². The number of anilines is 1. The number of nitrogen functional groups attached to an aromatic ring is 1. The van der Waals surface area contributed by atoms with Crippen LogP contribution in [0.25, 0.3) is 11.2 Å². The van der Waals surface area contributed by atoms with Crippen molar-refractivity contribution in [2.45, 2.75) is 43.6 Å². The lowest BCUT2D eigenvalue weighted by atomic mass is 10.1.